The van der Waals surface area contributed by atoms with Crippen LogP contribution in [0.25, 0.3) is 0 Å². The van der Waals surface area contributed by atoms with Gasteiger partial charge in [-0.05, 0) is 43.4 Å². The van der Waals surface area contributed by atoms with Crippen LogP contribution in [0, 0.1) is 0 Å². The fourth-order valence-corrected chi connectivity index (χ4v) is 3.78. The lowest BCUT2D eigenvalue weighted by atomic mass is 9.79. The number of benzene rings is 2. The van der Waals surface area contributed by atoms with E-state index < -0.39 is 35.4 Å². The molecule has 2 amide bonds. The summed E-state index contributed by atoms with van der Waals surface area (Å²) >= 11 is 0. The normalized spacial score (nSPS) is 16.1. The smallest absolute Gasteiger partial charge is 0.426 e. The fraction of sp³-hybridized carbons (Fsp3) is 0.391. The number of nitrogens with one attached hydrogen (secondary N) is 2. The van der Waals surface area contributed by atoms with Crippen molar-refractivity contribution in [2.24, 2.45) is 0 Å². The van der Waals surface area contributed by atoms with Crippen molar-refractivity contribution < 1.29 is 32.6 Å². The number of aliphatic hydroxyl groups is 1. The zero-order valence-electron chi connectivity index (χ0n) is 17.7. The highest BCUT2D eigenvalue weighted by Crippen LogP contribution is 2.38. The molecule has 3 N–H and O–H groups in total. The highest BCUT2D eigenvalue weighted by Gasteiger charge is 2.54. The number of halogens is 3. The number of hydrogen-bond acceptors (Lipinski definition) is 4. The van der Waals surface area contributed by atoms with Crippen molar-refractivity contribution in [3.8, 4) is 0 Å². The van der Waals surface area contributed by atoms with Gasteiger partial charge in [0.15, 0.2) is 0 Å². The molecule has 0 aliphatic heterocycles. The van der Waals surface area contributed by atoms with Crippen LogP contribution in [-0.2, 0) is 28.9 Å². The molecule has 1 unspecified atom stereocenters. The van der Waals surface area contributed by atoms with Gasteiger partial charge < -0.3 is 20.5 Å². The summed E-state index contributed by atoms with van der Waals surface area (Å²) in [7, 11) is 0. The molecule has 0 fully saturated rings. The first-order chi connectivity index (χ1) is 14.9. The van der Waals surface area contributed by atoms with Crippen LogP contribution in [0.2, 0.25) is 0 Å². The van der Waals surface area contributed by atoms with E-state index in [0.29, 0.717) is 5.56 Å². The first kappa shape index (κ1) is 23.6. The maximum absolute atomic E-state index is 13.6. The van der Waals surface area contributed by atoms with Crippen LogP contribution in [0.5, 0.6) is 0 Å². The lowest BCUT2D eigenvalue weighted by molar-refractivity contribution is -0.206. The number of hydrogen-bond donors (Lipinski definition) is 3. The third-order valence-electron chi connectivity index (χ3n) is 5.68. The number of alkyl carbamates (subject to hydrolysis) is 1. The summed E-state index contributed by atoms with van der Waals surface area (Å²) in [6.45, 7) is 2.79. The maximum Gasteiger partial charge on any atom is 0.434 e. The second kappa shape index (κ2) is 8.82. The van der Waals surface area contributed by atoms with Crippen LogP contribution in [0.15, 0.2) is 54.6 Å². The molecule has 9 heteroatoms. The minimum Gasteiger partial charge on any atom is -0.426 e. The number of carbonyl (C=O) groups excluding carboxylic acids is 2. The van der Waals surface area contributed by atoms with E-state index in [2.05, 4.69) is 15.4 Å². The van der Waals surface area contributed by atoms with Crippen LogP contribution in [0.3, 0.4) is 0 Å². The van der Waals surface area contributed by atoms with E-state index in [9.17, 15) is 27.9 Å². The maximum atomic E-state index is 13.6. The summed E-state index contributed by atoms with van der Waals surface area (Å²) < 4.78 is 45.3. The molecule has 172 valence electrons. The summed E-state index contributed by atoms with van der Waals surface area (Å²) in [6, 6.07) is 15.7. The average molecular weight is 450 g/mol. The predicted molar refractivity (Wildman–Crippen MR) is 111 cm³/mol. The monoisotopic (exact) mass is 450 g/mol. The molecular formula is C23H25F3N2O4. The van der Waals surface area contributed by atoms with Gasteiger partial charge in [0.2, 0.25) is 0 Å². The molecule has 6 nitrogen and oxygen atoms in total. The number of carbonyl (C=O) groups is 2. The molecule has 1 atom stereocenters. The van der Waals surface area contributed by atoms with Crippen molar-refractivity contribution >= 4 is 12.0 Å². The van der Waals surface area contributed by atoms with Crippen LogP contribution in [0.1, 0.15) is 30.5 Å². The molecule has 1 aliphatic rings. The van der Waals surface area contributed by atoms with Gasteiger partial charge in [0.05, 0.1) is 11.1 Å². The van der Waals surface area contributed by atoms with Crippen LogP contribution in [-0.4, -0.2) is 40.5 Å². The van der Waals surface area contributed by atoms with Crippen molar-refractivity contribution in [3.05, 3.63) is 71.3 Å². The van der Waals surface area contributed by atoms with Gasteiger partial charge in [-0.15, -0.1) is 0 Å². The van der Waals surface area contributed by atoms with Gasteiger partial charge in [-0.3, -0.25) is 4.79 Å². The highest BCUT2D eigenvalue weighted by atomic mass is 19.4. The van der Waals surface area contributed by atoms with E-state index >= 15 is 0 Å². The molecule has 0 aromatic heterocycles. The highest BCUT2D eigenvalue weighted by molar-refractivity contribution is 5.85. The third kappa shape index (κ3) is 5.21. The molecule has 2 aromatic carbocycles. The van der Waals surface area contributed by atoms with Crippen molar-refractivity contribution in [1.82, 2.24) is 10.6 Å². The Morgan fingerprint density at radius 2 is 1.56 bits per heavy atom. The van der Waals surface area contributed by atoms with Crippen molar-refractivity contribution in [1.29, 1.82) is 0 Å². The number of rotatable bonds is 6. The number of fused-ring (bicyclic) bond motifs is 1. The fourth-order valence-electron chi connectivity index (χ4n) is 3.78. The van der Waals surface area contributed by atoms with E-state index in [1.165, 1.54) is 13.8 Å². The van der Waals surface area contributed by atoms with Gasteiger partial charge in [-0.1, -0.05) is 54.6 Å². The summed E-state index contributed by atoms with van der Waals surface area (Å²) in [6.07, 6.45) is -9.26. The SMILES string of the molecule is CC(C)(O)C1(NC(=O)C(OC(=O)NCc2ccccc2)C(F)(F)F)Cc2ccccc2C1. The van der Waals surface area contributed by atoms with Gasteiger partial charge in [0.1, 0.15) is 0 Å². The Bertz CT molecular complexity index is 946. The molecule has 32 heavy (non-hydrogen) atoms. The molecule has 0 heterocycles. The second-order valence-electron chi connectivity index (χ2n) is 8.42. The Morgan fingerprint density at radius 3 is 2.06 bits per heavy atom. The lowest BCUT2D eigenvalue weighted by Crippen LogP contribution is -2.65. The molecule has 3 rings (SSSR count). The van der Waals surface area contributed by atoms with Crippen LogP contribution >= 0.6 is 0 Å². The minimum atomic E-state index is -5.14. The van der Waals surface area contributed by atoms with Gasteiger partial charge in [0, 0.05) is 6.54 Å². The Kier molecular flexibility index (Phi) is 6.50. The quantitative estimate of drug-likeness (QED) is 0.631. The molecular weight excluding hydrogens is 425 g/mol. The molecule has 0 spiro atoms. The average Bonchev–Trinajstić information content (AvgIpc) is 3.09. The zero-order valence-corrected chi connectivity index (χ0v) is 17.7. The predicted octanol–water partition coefficient (Wildman–Crippen LogP) is 3.27. The van der Waals surface area contributed by atoms with Crippen molar-refractivity contribution in [2.45, 2.75) is 56.7 Å². The van der Waals surface area contributed by atoms with E-state index in [0.717, 1.165) is 11.1 Å². The standard InChI is InChI=1S/C23H25F3N2O4/c1-21(2,31)22(12-16-10-6-7-11-17(16)13-22)28-19(29)18(23(24,25)26)32-20(30)27-14-15-8-4-3-5-9-15/h3-11,18,31H,12-14H2,1-2H3,(H,27,30)(H,28,29). The summed E-state index contributed by atoms with van der Waals surface area (Å²) in [5, 5.41) is 15.3. The molecule has 0 radical (unpaired) electrons. The van der Waals surface area contributed by atoms with Gasteiger partial charge in [0.25, 0.3) is 12.0 Å². The summed E-state index contributed by atoms with van der Waals surface area (Å²) in [5.41, 5.74) is -0.642. The van der Waals surface area contributed by atoms with Crippen molar-refractivity contribution in [3.63, 3.8) is 0 Å². The van der Waals surface area contributed by atoms with Crippen molar-refractivity contribution in [2.75, 3.05) is 0 Å². The van der Waals surface area contributed by atoms with Crippen LogP contribution < -0.4 is 10.6 Å². The summed E-state index contributed by atoms with van der Waals surface area (Å²) in [5.74, 6) is -1.54. The minimum absolute atomic E-state index is 0.0607. The number of ether oxygens (including phenoxy) is 1. The van der Waals surface area contributed by atoms with Gasteiger partial charge >= 0.3 is 12.3 Å². The van der Waals surface area contributed by atoms with E-state index in [1.54, 1.807) is 54.6 Å². The van der Waals surface area contributed by atoms with E-state index in [4.69, 9.17) is 0 Å². The lowest BCUT2D eigenvalue weighted by Gasteiger charge is -2.42. The first-order valence-corrected chi connectivity index (χ1v) is 10.1. The van der Waals surface area contributed by atoms with Gasteiger partial charge in [-0.2, -0.15) is 13.2 Å². The Morgan fingerprint density at radius 1 is 1.03 bits per heavy atom. The largest absolute Gasteiger partial charge is 0.434 e. The second-order valence-corrected chi connectivity index (χ2v) is 8.42. The first-order valence-electron chi connectivity index (χ1n) is 10.1. The summed E-state index contributed by atoms with van der Waals surface area (Å²) in [4.78, 5) is 24.7. The van der Waals surface area contributed by atoms with Crippen LogP contribution in [0.4, 0.5) is 18.0 Å². The Labute approximate surface area is 183 Å². The molecule has 2 aromatic rings. The molecule has 0 saturated heterocycles. The van der Waals surface area contributed by atoms with E-state index in [-0.39, 0.29) is 19.4 Å². The number of amides is 2. The molecule has 0 saturated carbocycles. The van der Waals surface area contributed by atoms with E-state index in [1.807, 2.05) is 0 Å². The molecule has 0 bridgehead atoms. The molecule has 1 aliphatic carbocycles. The third-order valence-corrected chi connectivity index (χ3v) is 5.68. The Hall–Kier alpha value is -3.07. The van der Waals surface area contributed by atoms with Gasteiger partial charge in [-0.25, -0.2) is 4.79 Å². The number of alkyl halides is 3. The topological polar surface area (TPSA) is 87.7 Å². The Balaban J connectivity index is 1.74. The zero-order chi connectivity index (χ0) is 23.6.